The Labute approximate surface area is 239 Å². The highest BCUT2D eigenvalue weighted by Crippen LogP contribution is 2.37. The van der Waals surface area contributed by atoms with Crippen LogP contribution in [0.3, 0.4) is 0 Å². The molecule has 42 heavy (non-hydrogen) atoms. The lowest BCUT2D eigenvalue weighted by Gasteiger charge is -2.34. The van der Waals surface area contributed by atoms with Gasteiger partial charge in [-0.05, 0) is 54.7 Å². The van der Waals surface area contributed by atoms with Crippen molar-refractivity contribution >= 4 is 5.91 Å². The van der Waals surface area contributed by atoms with Gasteiger partial charge >= 0.3 is 6.18 Å². The number of halogens is 4. The summed E-state index contributed by atoms with van der Waals surface area (Å²) >= 11 is 0. The maximum absolute atomic E-state index is 13.8. The molecule has 1 aliphatic heterocycles. The summed E-state index contributed by atoms with van der Waals surface area (Å²) in [4.78, 5) is 28.2. The molecule has 4 aromatic rings. The lowest BCUT2D eigenvalue weighted by atomic mass is 9.82. The smallest absolute Gasteiger partial charge is 0.390 e. The first-order valence-corrected chi connectivity index (χ1v) is 13.6. The molecular weight excluding hydrogens is 550 g/mol. The van der Waals surface area contributed by atoms with Crippen molar-refractivity contribution in [3.8, 4) is 0 Å². The minimum Gasteiger partial charge on any atom is -0.390 e. The molecule has 1 fully saturated rings. The van der Waals surface area contributed by atoms with E-state index in [0.29, 0.717) is 30.5 Å². The third-order valence-corrected chi connectivity index (χ3v) is 7.63. The van der Waals surface area contributed by atoms with E-state index in [1.165, 1.54) is 46.0 Å². The van der Waals surface area contributed by atoms with Gasteiger partial charge in [0, 0.05) is 24.2 Å². The molecule has 1 aliphatic rings. The normalized spacial score (nSPS) is 16.8. The number of hydrogen-bond donors (Lipinski definition) is 1. The van der Waals surface area contributed by atoms with Gasteiger partial charge in [0.1, 0.15) is 5.82 Å². The zero-order chi connectivity index (χ0) is 30.0. The Balaban J connectivity index is 1.50. The number of rotatable bonds is 7. The van der Waals surface area contributed by atoms with E-state index in [4.69, 9.17) is 0 Å². The summed E-state index contributed by atoms with van der Waals surface area (Å²) in [6.07, 6.45) is -3.54. The number of amides is 1. The van der Waals surface area contributed by atoms with Crippen LogP contribution in [0, 0.1) is 12.7 Å². The zero-order valence-corrected chi connectivity index (χ0v) is 22.8. The van der Waals surface area contributed by atoms with Crippen molar-refractivity contribution in [1.29, 1.82) is 0 Å². The quantitative estimate of drug-likeness (QED) is 0.291. The molecule has 1 amide bonds. The third-order valence-electron chi connectivity index (χ3n) is 7.63. The van der Waals surface area contributed by atoms with Gasteiger partial charge < -0.3 is 10.0 Å². The van der Waals surface area contributed by atoms with E-state index >= 15 is 0 Å². The Morgan fingerprint density at radius 3 is 2.43 bits per heavy atom. The Hall–Kier alpha value is -4.31. The van der Waals surface area contributed by atoms with Crippen LogP contribution in [0.4, 0.5) is 17.6 Å². The maximum atomic E-state index is 13.8. The number of hydrogen-bond acceptors (Lipinski definition) is 4. The molecule has 10 heteroatoms. The van der Waals surface area contributed by atoms with E-state index in [0.717, 1.165) is 17.7 Å². The first kappa shape index (κ1) is 29.2. The molecule has 3 aromatic carbocycles. The van der Waals surface area contributed by atoms with Crippen molar-refractivity contribution in [2.75, 3.05) is 6.54 Å². The van der Waals surface area contributed by atoms with Crippen LogP contribution in [-0.2, 0) is 12.7 Å². The van der Waals surface area contributed by atoms with E-state index in [1.807, 2.05) is 30.3 Å². The van der Waals surface area contributed by atoms with Crippen LogP contribution in [0.15, 0.2) is 89.9 Å². The molecule has 218 valence electrons. The van der Waals surface area contributed by atoms with Gasteiger partial charge in [-0.25, -0.2) is 4.39 Å². The monoisotopic (exact) mass is 579 g/mol. The molecule has 6 nitrogen and oxygen atoms in total. The van der Waals surface area contributed by atoms with Gasteiger partial charge in [0.2, 0.25) is 5.43 Å². The van der Waals surface area contributed by atoms with Crippen molar-refractivity contribution in [3.63, 3.8) is 0 Å². The predicted octanol–water partition coefficient (Wildman–Crippen LogP) is 5.56. The summed E-state index contributed by atoms with van der Waals surface area (Å²) in [7, 11) is 0. The number of nitrogens with zero attached hydrogens (tertiary/aromatic N) is 3. The summed E-state index contributed by atoms with van der Waals surface area (Å²) in [6.45, 7) is 2.15. The van der Waals surface area contributed by atoms with E-state index in [9.17, 15) is 32.3 Å². The standard InChI is InChI=1S/C32H29F4N3O3/c1-20-18-38(19-21-7-3-2-4-8-21)37-28(29(20)40)31(42)39-16-6-11-26(39)30(41)27(22-12-14-25(33)15-13-22)23-9-5-10-24(17-23)32(34,35)36/h2-5,7-10,12-15,17-18,26-27,30,41H,6,11,16,19H2,1H3/t26-,27-,30+/m1/s1. The van der Waals surface area contributed by atoms with Gasteiger partial charge in [-0.15, -0.1) is 0 Å². The number of alkyl halides is 3. The van der Waals surface area contributed by atoms with Crippen LogP contribution in [0.5, 0.6) is 0 Å². The number of carbonyl (C=O) groups excluding carboxylic acids is 1. The number of aryl methyl sites for hydroxylation is 1. The van der Waals surface area contributed by atoms with E-state index in [1.54, 1.807) is 13.1 Å². The molecule has 0 bridgehead atoms. The Morgan fingerprint density at radius 2 is 1.74 bits per heavy atom. The average molecular weight is 580 g/mol. The van der Waals surface area contributed by atoms with Crippen molar-refractivity contribution in [3.05, 3.63) is 135 Å². The zero-order valence-electron chi connectivity index (χ0n) is 22.8. The van der Waals surface area contributed by atoms with Crippen molar-refractivity contribution in [2.45, 2.75) is 50.6 Å². The number of aliphatic hydroxyl groups excluding tert-OH is 1. The highest BCUT2D eigenvalue weighted by Gasteiger charge is 2.41. The van der Waals surface area contributed by atoms with Gasteiger partial charge in [0.05, 0.1) is 24.3 Å². The first-order valence-electron chi connectivity index (χ1n) is 13.6. The molecule has 1 saturated heterocycles. The molecule has 1 N–H and O–H groups in total. The van der Waals surface area contributed by atoms with Crippen LogP contribution in [0.2, 0.25) is 0 Å². The topological polar surface area (TPSA) is 75.4 Å². The molecule has 2 heterocycles. The highest BCUT2D eigenvalue weighted by atomic mass is 19.4. The average Bonchev–Trinajstić information content (AvgIpc) is 3.46. The largest absolute Gasteiger partial charge is 0.416 e. The molecule has 0 aliphatic carbocycles. The maximum Gasteiger partial charge on any atom is 0.416 e. The fourth-order valence-electron chi connectivity index (χ4n) is 5.59. The molecule has 0 spiro atoms. The number of likely N-dealkylation sites (tertiary alicyclic amines) is 1. The second kappa shape index (κ2) is 11.9. The lowest BCUT2D eigenvalue weighted by Crippen LogP contribution is -2.47. The summed E-state index contributed by atoms with van der Waals surface area (Å²) in [5, 5.41) is 16.1. The number of carbonyl (C=O) groups is 1. The van der Waals surface area contributed by atoms with Crippen LogP contribution in [0.1, 0.15) is 57.1 Å². The predicted molar refractivity (Wildman–Crippen MR) is 149 cm³/mol. The number of aliphatic hydroxyl groups is 1. The van der Waals surface area contributed by atoms with Gasteiger partial charge in [-0.2, -0.15) is 18.3 Å². The van der Waals surface area contributed by atoms with Gasteiger partial charge in [0.25, 0.3) is 5.91 Å². The Bertz CT molecular complexity index is 1620. The van der Waals surface area contributed by atoms with Crippen LogP contribution < -0.4 is 5.43 Å². The van der Waals surface area contributed by atoms with Crippen LogP contribution in [0.25, 0.3) is 0 Å². The molecule has 5 rings (SSSR count). The second-order valence-electron chi connectivity index (χ2n) is 10.5. The lowest BCUT2D eigenvalue weighted by molar-refractivity contribution is -0.137. The summed E-state index contributed by atoms with van der Waals surface area (Å²) in [5.41, 5.74) is 0.0999. The van der Waals surface area contributed by atoms with Gasteiger partial charge in [0.15, 0.2) is 5.69 Å². The Kier molecular flexibility index (Phi) is 8.27. The van der Waals surface area contributed by atoms with Crippen molar-refractivity contribution < 1.29 is 27.5 Å². The minimum atomic E-state index is -4.61. The molecule has 0 saturated carbocycles. The van der Waals surface area contributed by atoms with Gasteiger partial charge in [-0.1, -0.05) is 60.7 Å². The third kappa shape index (κ3) is 6.13. The molecule has 3 atom stereocenters. The molecule has 1 aromatic heterocycles. The van der Waals surface area contributed by atoms with E-state index in [2.05, 4.69) is 5.10 Å². The molecule has 0 unspecified atom stereocenters. The highest BCUT2D eigenvalue weighted by molar-refractivity contribution is 5.92. The van der Waals surface area contributed by atoms with Gasteiger partial charge in [-0.3, -0.25) is 14.3 Å². The summed E-state index contributed by atoms with van der Waals surface area (Å²) in [5.74, 6) is -2.20. The SMILES string of the molecule is Cc1cn(Cc2ccccc2)nc(C(=O)N2CCC[C@@H]2[C@H](O)[C@H](c2ccc(F)cc2)c2cccc(C(F)(F)F)c2)c1=O. The second-order valence-corrected chi connectivity index (χ2v) is 10.5. The fraction of sp³-hybridized carbons (Fsp3) is 0.281. The van der Waals surface area contributed by atoms with E-state index < -0.39 is 47.0 Å². The van der Waals surface area contributed by atoms with Crippen molar-refractivity contribution in [2.24, 2.45) is 0 Å². The fourth-order valence-corrected chi connectivity index (χ4v) is 5.59. The van der Waals surface area contributed by atoms with Crippen LogP contribution in [-0.4, -0.2) is 44.4 Å². The summed E-state index contributed by atoms with van der Waals surface area (Å²) in [6, 6.07) is 18.4. The van der Waals surface area contributed by atoms with Crippen molar-refractivity contribution in [1.82, 2.24) is 14.7 Å². The number of benzene rings is 3. The first-order chi connectivity index (χ1) is 20.0. The molecular formula is C32H29F4N3O3. The molecule has 0 radical (unpaired) electrons. The Morgan fingerprint density at radius 1 is 1.02 bits per heavy atom. The summed E-state index contributed by atoms with van der Waals surface area (Å²) < 4.78 is 56.0. The van der Waals surface area contributed by atoms with E-state index in [-0.39, 0.29) is 17.8 Å². The van der Waals surface area contributed by atoms with Crippen LogP contribution >= 0.6 is 0 Å². The minimum absolute atomic E-state index is 0.169. The number of aromatic nitrogens is 2.